The van der Waals surface area contributed by atoms with E-state index in [1.165, 1.54) is 5.56 Å². The van der Waals surface area contributed by atoms with Gasteiger partial charge in [0.1, 0.15) is 17.5 Å². The predicted molar refractivity (Wildman–Crippen MR) is 87.6 cm³/mol. The number of rotatable bonds is 4. The van der Waals surface area contributed by atoms with E-state index in [1.807, 2.05) is 31.2 Å². The van der Waals surface area contributed by atoms with Crippen LogP contribution in [-0.2, 0) is 11.3 Å². The maximum atomic E-state index is 6.06. The molecule has 1 saturated heterocycles. The first kappa shape index (κ1) is 14.8. The molecular formula is C17H22N4O. The molecule has 0 spiro atoms. The van der Waals surface area contributed by atoms with Crippen molar-refractivity contribution in [1.29, 1.82) is 0 Å². The summed E-state index contributed by atoms with van der Waals surface area (Å²) in [5, 5.41) is 0. The van der Waals surface area contributed by atoms with Crippen LogP contribution >= 0.6 is 0 Å². The van der Waals surface area contributed by atoms with E-state index in [0.717, 1.165) is 31.7 Å². The Labute approximate surface area is 131 Å². The van der Waals surface area contributed by atoms with Gasteiger partial charge in [0.2, 0.25) is 0 Å². The fourth-order valence-corrected chi connectivity index (χ4v) is 2.81. The average molecular weight is 298 g/mol. The second-order valence-corrected chi connectivity index (χ2v) is 5.71. The number of aryl methyl sites for hydroxylation is 1. The second-order valence-electron chi connectivity index (χ2n) is 5.71. The predicted octanol–water partition coefficient (Wildman–Crippen LogP) is 2.55. The van der Waals surface area contributed by atoms with Crippen LogP contribution in [-0.4, -0.2) is 29.2 Å². The first-order valence-corrected chi connectivity index (χ1v) is 7.72. The number of ether oxygens (including phenoxy) is 1. The van der Waals surface area contributed by atoms with Gasteiger partial charge in [-0.1, -0.05) is 30.3 Å². The highest BCUT2D eigenvalue weighted by atomic mass is 16.5. The molecule has 2 aromatic rings. The largest absolute Gasteiger partial charge is 0.384 e. The first-order chi connectivity index (χ1) is 10.7. The number of hydrogen-bond donors (Lipinski definition) is 1. The smallest absolute Gasteiger partial charge is 0.134 e. The number of piperidine rings is 1. The van der Waals surface area contributed by atoms with E-state index >= 15 is 0 Å². The Kier molecular flexibility index (Phi) is 4.53. The summed E-state index contributed by atoms with van der Waals surface area (Å²) in [5.41, 5.74) is 7.04. The standard InChI is InChI=1S/C17H22N4O/c1-13-19-16(18)10-17(20-13)21-9-5-8-15(11-21)22-12-14-6-3-2-4-7-14/h2-4,6-7,10,15H,5,8-9,11-12H2,1H3,(H2,18,19,20)/t15-/m1/s1. The van der Waals surface area contributed by atoms with Gasteiger partial charge in [0.25, 0.3) is 0 Å². The molecule has 1 atom stereocenters. The summed E-state index contributed by atoms with van der Waals surface area (Å²) in [5.74, 6) is 2.13. The molecule has 0 unspecified atom stereocenters. The number of aromatic nitrogens is 2. The molecule has 2 N–H and O–H groups in total. The van der Waals surface area contributed by atoms with Crippen molar-refractivity contribution in [3.8, 4) is 0 Å². The molecule has 1 fully saturated rings. The molecule has 0 saturated carbocycles. The van der Waals surface area contributed by atoms with Crippen molar-refractivity contribution < 1.29 is 4.74 Å². The minimum Gasteiger partial charge on any atom is -0.384 e. The third-order valence-electron chi connectivity index (χ3n) is 3.87. The first-order valence-electron chi connectivity index (χ1n) is 7.72. The van der Waals surface area contributed by atoms with Crippen molar-refractivity contribution in [1.82, 2.24) is 9.97 Å². The van der Waals surface area contributed by atoms with Gasteiger partial charge in [0.05, 0.1) is 12.7 Å². The highest BCUT2D eigenvalue weighted by Crippen LogP contribution is 2.21. The van der Waals surface area contributed by atoms with Crippen LogP contribution in [0.15, 0.2) is 36.4 Å². The minimum atomic E-state index is 0.227. The molecule has 116 valence electrons. The zero-order valence-electron chi connectivity index (χ0n) is 12.9. The maximum absolute atomic E-state index is 6.06. The fraction of sp³-hybridized carbons (Fsp3) is 0.412. The normalized spacial score (nSPS) is 18.4. The Morgan fingerprint density at radius 3 is 2.86 bits per heavy atom. The summed E-state index contributed by atoms with van der Waals surface area (Å²) >= 11 is 0. The van der Waals surface area contributed by atoms with Gasteiger partial charge in [-0.05, 0) is 25.3 Å². The van der Waals surface area contributed by atoms with E-state index in [0.29, 0.717) is 18.2 Å². The molecule has 1 aliphatic heterocycles. The SMILES string of the molecule is Cc1nc(N)cc(N2CCC[C@@H](OCc3ccccc3)C2)n1. The second kappa shape index (κ2) is 6.75. The van der Waals surface area contributed by atoms with Crippen LogP contribution in [0.4, 0.5) is 11.6 Å². The van der Waals surface area contributed by atoms with E-state index in [2.05, 4.69) is 27.0 Å². The summed E-state index contributed by atoms with van der Waals surface area (Å²) in [6, 6.07) is 12.1. The molecule has 3 rings (SSSR count). The van der Waals surface area contributed by atoms with Crippen molar-refractivity contribution in [2.75, 3.05) is 23.7 Å². The van der Waals surface area contributed by atoms with Crippen molar-refractivity contribution in [2.24, 2.45) is 0 Å². The van der Waals surface area contributed by atoms with Gasteiger partial charge >= 0.3 is 0 Å². The Bertz CT molecular complexity index is 597. The third-order valence-corrected chi connectivity index (χ3v) is 3.87. The molecule has 5 nitrogen and oxygen atoms in total. The molecular weight excluding hydrogens is 276 g/mol. The van der Waals surface area contributed by atoms with Crippen LogP contribution in [0.3, 0.4) is 0 Å². The lowest BCUT2D eigenvalue weighted by Crippen LogP contribution is -2.40. The highest BCUT2D eigenvalue weighted by Gasteiger charge is 2.22. The number of nitrogens with zero attached hydrogens (tertiary/aromatic N) is 3. The number of benzene rings is 1. The fourth-order valence-electron chi connectivity index (χ4n) is 2.81. The molecule has 22 heavy (non-hydrogen) atoms. The average Bonchev–Trinajstić information content (AvgIpc) is 2.53. The van der Waals surface area contributed by atoms with Gasteiger partial charge in [-0.3, -0.25) is 0 Å². The van der Waals surface area contributed by atoms with Gasteiger partial charge in [-0.2, -0.15) is 0 Å². The van der Waals surface area contributed by atoms with Gasteiger partial charge < -0.3 is 15.4 Å². The van der Waals surface area contributed by atoms with Crippen molar-refractivity contribution in [3.05, 3.63) is 47.8 Å². The monoisotopic (exact) mass is 298 g/mol. The number of nitrogens with two attached hydrogens (primary N) is 1. The molecule has 2 heterocycles. The molecule has 1 aliphatic rings. The topological polar surface area (TPSA) is 64.3 Å². The van der Waals surface area contributed by atoms with Crippen molar-refractivity contribution in [3.63, 3.8) is 0 Å². The van der Waals surface area contributed by atoms with Crippen LogP contribution in [0.1, 0.15) is 24.2 Å². The third kappa shape index (κ3) is 3.74. The van der Waals surface area contributed by atoms with E-state index in [4.69, 9.17) is 10.5 Å². The van der Waals surface area contributed by atoms with Gasteiger partial charge in [0.15, 0.2) is 0 Å². The summed E-state index contributed by atoms with van der Waals surface area (Å²) in [6.07, 6.45) is 2.41. The molecule has 0 radical (unpaired) electrons. The Hall–Kier alpha value is -2.14. The van der Waals surface area contributed by atoms with E-state index in [9.17, 15) is 0 Å². The number of hydrogen-bond acceptors (Lipinski definition) is 5. The zero-order chi connectivity index (χ0) is 15.4. The minimum absolute atomic E-state index is 0.227. The molecule has 0 amide bonds. The maximum Gasteiger partial charge on any atom is 0.134 e. The van der Waals surface area contributed by atoms with Gasteiger partial charge in [-0.15, -0.1) is 0 Å². The van der Waals surface area contributed by atoms with E-state index in [-0.39, 0.29) is 6.10 Å². The summed E-state index contributed by atoms with van der Waals surface area (Å²) in [4.78, 5) is 10.9. The Morgan fingerprint density at radius 2 is 2.09 bits per heavy atom. The lowest BCUT2D eigenvalue weighted by atomic mass is 10.1. The quantitative estimate of drug-likeness (QED) is 0.939. The van der Waals surface area contributed by atoms with E-state index < -0.39 is 0 Å². The van der Waals surface area contributed by atoms with Crippen LogP contribution in [0, 0.1) is 6.92 Å². The molecule has 5 heteroatoms. The van der Waals surface area contributed by atoms with Crippen LogP contribution in [0.5, 0.6) is 0 Å². The molecule has 0 bridgehead atoms. The molecule has 0 aliphatic carbocycles. The lowest BCUT2D eigenvalue weighted by Gasteiger charge is -2.33. The van der Waals surface area contributed by atoms with Crippen LogP contribution < -0.4 is 10.6 Å². The van der Waals surface area contributed by atoms with E-state index in [1.54, 1.807) is 0 Å². The van der Waals surface area contributed by atoms with Crippen LogP contribution in [0.2, 0.25) is 0 Å². The molecule has 1 aromatic heterocycles. The van der Waals surface area contributed by atoms with Gasteiger partial charge in [-0.25, -0.2) is 9.97 Å². The highest BCUT2D eigenvalue weighted by molar-refractivity contribution is 5.47. The summed E-state index contributed by atoms with van der Waals surface area (Å²) in [6.45, 7) is 4.36. The number of nitrogen functional groups attached to an aromatic ring is 1. The van der Waals surface area contributed by atoms with Gasteiger partial charge in [0, 0.05) is 19.2 Å². The Balaban J connectivity index is 1.61. The van der Waals surface area contributed by atoms with Crippen molar-refractivity contribution in [2.45, 2.75) is 32.5 Å². The summed E-state index contributed by atoms with van der Waals surface area (Å²) < 4.78 is 6.06. The zero-order valence-corrected chi connectivity index (χ0v) is 12.9. The Morgan fingerprint density at radius 1 is 1.27 bits per heavy atom. The van der Waals surface area contributed by atoms with Crippen LogP contribution in [0.25, 0.3) is 0 Å². The van der Waals surface area contributed by atoms with Crippen molar-refractivity contribution >= 4 is 11.6 Å². The lowest BCUT2D eigenvalue weighted by molar-refractivity contribution is 0.0314. The number of anilines is 2. The molecule has 1 aromatic carbocycles. The summed E-state index contributed by atoms with van der Waals surface area (Å²) in [7, 11) is 0.